The number of amides is 1. The normalized spacial score (nSPS) is 24.9. The fourth-order valence-corrected chi connectivity index (χ4v) is 5.05. The van der Waals surface area contributed by atoms with Crippen molar-refractivity contribution in [1.29, 1.82) is 0 Å². The van der Waals surface area contributed by atoms with Crippen LogP contribution >= 0.6 is 0 Å². The number of hydrogen-bond donors (Lipinski definition) is 1. The highest BCUT2D eigenvalue weighted by Gasteiger charge is 2.47. The van der Waals surface area contributed by atoms with Crippen LogP contribution in [0.5, 0.6) is 5.88 Å². The first-order chi connectivity index (χ1) is 15.7. The van der Waals surface area contributed by atoms with Crippen molar-refractivity contribution in [3.63, 3.8) is 0 Å². The Morgan fingerprint density at radius 3 is 2.97 bits per heavy atom. The summed E-state index contributed by atoms with van der Waals surface area (Å²) in [7, 11) is 1.65. The molecule has 2 atom stereocenters. The number of fused-ring (bicyclic) bond motifs is 2. The fourth-order valence-electron chi connectivity index (χ4n) is 5.05. The number of pyridine rings is 1. The molecule has 2 aromatic heterocycles. The van der Waals surface area contributed by atoms with Gasteiger partial charge in [0.05, 0.1) is 19.8 Å². The minimum absolute atomic E-state index is 0.0678. The summed E-state index contributed by atoms with van der Waals surface area (Å²) in [5, 5.41) is 3.04. The molecule has 5 rings (SSSR count). The van der Waals surface area contributed by atoms with Crippen molar-refractivity contribution in [2.24, 2.45) is 0 Å². The van der Waals surface area contributed by atoms with Gasteiger partial charge in [-0.25, -0.2) is 9.97 Å². The molecule has 2 aromatic rings. The molecule has 1 amide bonds. The van der Waals surface area contributed by atoms with E-state index in [0.29, 0.717) is 19.0 Å². The highest BCUT2D eigenvalue weighted by Crippen LogP contribution is 2.40. The number of carbonyl (C=O) groups is 1. The zero-order valence-corrected chi connectivity index (χ0v) is 18.5. The van der Waals surface area contributed by atoms with Gasteiger partial charge in [0.2, 0.25) is 5.88 Å². The Morgan fingerprint density at radius 1 is 1.31 bits per heavy atom. The van der Waals surface area contributed by atoms with Crippen LogP contribution in [0.3, 0.4) is 0 Å². The molecule has 9 nitrogen and oxygen atoms in total. The number of rotatable bonds is 6. The monoisotopic (exact) mass is 441 g/mol. The van der Waals surface area contributed by atoms with Gasteiger partial charge < -0.3 is 24.1 Å². The van der Waals surface area contributed by atoms with Crippen LogP contribution in [0.15, 0.2) is 30.7 Å². The molecule has 9 heteroatoms. The standard InChI is InChI=1S/C23H31N5O4/c1-30-21-17(4-2-8-24-21)15-27-10-6-23(7-11-27)22-25-9-12-28(22)16-19(32-23)20(29)26-14-18-5-3-13-31-18/h2,4,8-9,12,18-19H,3,5-7,10-11,13-16H2,1H3,(H,26,29)/t18-,19-/m1/s1. The maximum atomic E-state index is 12.9. The Bertz CT molecular complexity index is 934. The number of nitrogens with zero attached hydrogens (tertiary/aromatic N) is 4. The average Bonchev–Trinajstić information content (AvgIpc) is 3.52. The van der Waals surface area contributed by atoms with Gasteiger partial charge >= 0.3 is 0 Å². The molecule has 2 saturated heterocycles. The van der Waals surface area contributed by atoms with Gasteiger partial charge in [0, 0.05) is 56.9 Å². The highest BCUT2D eigenvalue weighted by molar-refractivity contribution is 5.81. The molecule has 0 radical (unpaired) electrons. The summed E-state index contributed by atoms with van der Waals surface area (Å²) >= 11 is 0. The third kappa shape index (κ3) is 4.24. The van der Waals surface area contributed by atoms with Crippen molar-refractivity contribution in [2.75, 3.05) is 33.4 Å². The number of aromatic nitrogens is 3. The summed E-state index contributed by atoms with van der Waals surface area (Å²) in [5.41, 5.74) is 0.534. The van der Waals surface area contributed by atoms with Gasteiger partial charge in [-0.05, 0) is 31.7 Å². The topological polar surface area (TPSA) is 90.7 Å². The molecule has 1 spiro atoms. The lowest BCUT2D eigenvalue weighted by molar-refractivity contribution is -0.174. The van der Waals surface area contributed by atoms with Crippen molar-refractivity contribution in [3.8, 4) is 5.88 Å². The summed E-state index contributed by atoms with van der Waals surface area (Å²) in [5.74, 6) is 1.53. The van der Waals surface area contributed by atoms with E-state index in [1.165, 1.54) is 0 Å². The second-order valence-corrected chi connectivity index (χ2v) is 8.83. The number of carbonyl (C=O) groups excluding carboxylic acids is 1. The number of methoxy groups -OCH3 is 1. The van der Waals surface area contributed by atoms with Crippen LogP contribution in [-0.2, 0) is 33.0 Å². The first-order valence-corrected chi connectivity index (χ1v) is 11.5. The average molecular weight is 442 g/mol. The second kappa shape index (κ2) is 9.17. The van der Waals surface area contributed by atoms with Crippen LogP contribution in [0.1, 0.15) is 37.1 Å². The van der Waals surface area contributed by atoms with E-state index in [9.17, 15) is 4.79 Å². The molecule has 0 aromatic carbocycles. The van der Waals surface area contributed by atoms with Crippen molar-refractivity contribution in [3.05, 3.63) is 42.1 Å². The Hall–Kier alpha value is -2.49. The number of ether oxygens (including phenoxy) is 3. The number of likely N-dealkylation sites (tertiary alicyclic amines) is 1. The Balaban J connectivity index is 1.25. The lowest BCUT2D eigenvalue weighted by Gasteiger charge is -2.45. The molecule has 3 aliphatic heterocycles. The molecule has 32 heavy (non-hydrogen) atoms. The summed E-state index contributed by atoms with van der Waals surface area (Å²) in [6.45, 7) is 4.27. The van der Waals surface area contributed by atoms with Crippen LogP contribution in [-0.4, -0.2) is 70.9 Å². The molecular weight excluding hydrogens is 410 g/mol. The molecule has 5 heterocycles. The second-order valence-electron chi connectivity index (χ2n) is 8.83. The zero-order chi connectivity index (χ0) is 22.0. The highest BCUT2D eigenvalue weighted by atomic mass is 16.5. The largest absolute Gasteiger partial charge is 0.481 e. The van der Waals surface area contributed by atoms with E-state index in [2.05, 4.69) is 30.8 Å². The number of piperidine rings is 1. The van der Waals surface area contributed by atoms with E-state index < -0.39 is 11.7 Å². The lowest BCUT2D eigenvalue weighted by atomic mass is 9.88. The van der Waals surface area contributed by atoms with Crippen molar-refractivity contribution < 1.29 is 19.0 Å². The Morgan fingerprint density at radius 2 is 2.19 bits per heavy atom. The van der Waals surface area contributed by atoms with Crippen LogP contribution in [0.25, 0.3) is 0 Å². The predicted octanol–water partition coefficient (Wildman–Crippen LogP) is 1.47. The number of hydrogen-bond acceptors (Lipinski definition) is 7. The molecule has 172 valence electrons. The van der Waals surface area contributed by atoms with Gasteiger partial charge in [-0.2, -0.15) is 0 Å². The van der Waals surface area contributed by atoms with E-state index >= 15 is 0 Å². The summed E-state index contributed by atoms with van der Waals surface area (Å²) in [6, 6.07) is 3.98. The van der Waals surface area contributed by atoms with Crippen LogP contribution in [0.2, 0.25) is 0 Å². The zero-order valence-electron chi connectivity index (χ0n) is 18.5. The minimum Gasteiger partial charge on any atom is -0.481 e. The summed E-state index contributed by atoms with van der Waals surface area (Å²) in [4.78, 5) is 24.2. The van der Waals surface area contributed by atoms with Crippen molar-refractivity contribution in [1.82, 2.24) is 24.8 Å². The lowest BCUT2D eigenvalue weighted by Crippen LogP contribution is -2.54. The SMILES string of the molecule is COc1ncccc1CN1CCC2(CC1)O[C@@H](C(=O)NC[C@H]1CCCO1)Cn1ccnc12. The van der Waals surface area contributed by atoms with Gasteiger partial charge in [-0.15, -0.1) is 0 Å². The first-order valence-electron chi connectivity index (χ1n) is 11.5. The van der Waals surface area contributed by atoms with Gasteiger partial charge in [-0.1, -0.05) is 6.07 Å². The molecule has 1 N–H and O–H groups in total. The van der Waals surface area contributed by atoms with Gasteiger partial charge in [0.15, 0.2) is 6.10 Å². The Kier molecular flexibility index (Phi) is 6.12. The summed E-state index contributed by atoms with van der Waals surface area (Å²) in [6.07, 6.45) is 8.71. The molecule has 0 unspecified atom stereocenters. The maximum Gasteiger partial charge on any atom is 0.251 e. The van der Waals surface area contributed by atoms with Crippen LogP contribution < -0.4 is 10.1 Å². The summed E-state index contributed by atoms with van der Waals surface area (Å²) < 4.78 is 19.6. The first kappa shape index (κ1) is 21.4. The number of nitrogens with one attached hydrogen (secondary N) is 1. The van der Waals surface area contributed by atoms with E-state index in [-0.39, 0.29) is 12.0 Å². The van der Waals surface area contributed by atoms with Gasteiger partial charge in [0.25, 0.3) is 5.91 Å². The van der Waals surface area contributed by atoms with E-state index in [1.807, 2.05) is 12.3 Å². The van der Waals surface area contributed by atoms with Gasteiger partial charge in [-0.3, -0.25) is 9.69 Å². The molecule has 2 fully saturated rings. The van der Waals surface area contributed by atoms with Crippen LogP contribution in [0.4, 0.5) is 0 Å². The van der Waals surface area contributed by atoms with E-state index in [1.54, 1.807) is 19.5 Å². The van der Waals surface area contributed by atoms with Gasteiger partial charge in [0.1, 0.15) is 11.4 Å². The van der Waals surface area contributed by atoms with Crippen LogP contribution in [0, 0.1) is 0 Å². The molecule has 0 bridgehead atoms. The predicted molar refractivity (Wildman–Crippen MR) is 116 cm³/mol. The van der Waals surface area contributed by atoms with E-state index in [4.69, 9.17) is 14.2 Å². The molecular formula is C23H31N5O4. The third-order valence-electron chi connectivity index (χ3n) is 6.77. The third-order valence-corrected chi connectivity index (χ3v) is 6.77. The Labute approximate surface area is 188 Å². The molecule has 3 aliphatic rings. The number of imidazole rings is 1. The molecule has 0 saturated carbocycles. The van der Waals surface area contributed by atoms with Crippen molar-refractivity contribution >= 4 is 5.91 Å². The molecule has 0 aliphatic carbocycles. The van der Waals surface area contributed by atoms with E-state index in [0.717, 1.165) is 63.3 Å². The smallest absolute Gasteiger partial charge is 0.251 e. The maximum absolute atomic E-state index is 12.9. The quantitative estimate of drug-likeness (QED) is 0.726. The minimum atomic E-state index is -0.539. The van der Waals surface area contributed by atoms with Crippen molar-refractivity contribution in [2.45, 2.75) is 56.6 Å². The fraction of sp³-hybridized carbons (Fsp3) is 0.609.